The third-order valence-electron chi connectivity index (χ3n) is 3.19. The van der Waals surface area contributed by atoms with Crippen LogP contribution in [-0.4, -0.2) is 41.7 Å². The van der Waals surface area contributed by atoms with E-state index in [1.54, 1.807) is 11.0 Å². The Morgan fingerprint density at radius 1 is 1.56 bits per heavy atom. The molecule has 0 aliphatic carbocycles. The van der Waals surface area contributed by atoms with Crippen molar-refractivity contribution in [1.82, 2.24) is 4.90 Å². The highest BCUT2D eigenvalue weighted by molar-refractivity contribution is 5.95. The van der Waals surface area contributed by atoms with E-state index in [-0.39, 0.29) is 12.0 Å². The summed E-state index contributed by atoms with van der Waals surface area (Å²) >= 11 is 0. The van der Waals surface area contributed by atoms with Gasteiger partial charge in [0.25, 0.3) is 5.91 Å². The molecule has 18 heavy (non-hydrogen) atoms. The van der Waals surface area contributed by atoms with E-state index in [4.69, 9.17) is 4.74 Å². The predicted molar refractivity (Wildman–Crippen MR) is 68.9 cm³/mol. The smallest absolute Gasteiger partial charge is 0.254 e. The van der Waals surface area contributed by atoms with Gasteiger partial charge in [0.1, 0.15) is 5.75 Å². The molecule has 1 aliphatic rings. The van der Waals surface area contributed by atoms with Crippen LogP contribution in [0.4, 0.5) is 0 Å². The number of hydrogen-bond acceptors (Lipinski definition) is 3. The van der Waals surface area contributed by atoms with E-state index in [1.165, 1.54) is 0 Å². The molecule has 1 fully saturated rings. The number of aliphatic hydroxyl groups is 1. The summed E-state index contributed by atoms with van der Waals surface area (Å²) in [6.45, 7) is 5.51. The summed E-state index contributed by atoms with van der Waals surface area (Å²) in [6.07, 6.45) is 0.279. The molecule has 4 heteroatoms. The Kier molecular flexibility index (Phi) is 3.87. The Morgan fingerprint density at radius 2 is 2.33 bits per heavy atom. The van der Waals surface area contributed by atoms with Crippen LogP contribution in [0.15, 0.2) is 18.2 Å². The fourth-order valence-electron chi connectivity index (χ4n) is 2.15. The number of aryl methyl sites for hydroxylation is 1. The Labute approximate surface area is 107 Å². The van der Waals surface area contributed by atoms with Gasteiger partial charge in [0.2, 0.25) is 0 Å². The van der Waals surface area contributed by atoms with Gasteiger partial charge in [0.15, 0.2) is 0 Å². The number of carbonyl (C=O) groups is 1. The van der Waals surface area contributed by atoms with Crippen LogP contribution < -0.4 is 4.74 Å². The largest absolute Gasteiger partial charge is 0.494 e. The standard InChI is InChI=1S/C14H19NO3/c1-3-18-13-8-11(5-4-10(13)2)14(17)15-7-6-12(16)9-15/h4-5,8,12,16H,3,6-7,9H2,1-2H3/t12-/m1/s1. The van der Waals surface area contributed by atoms with Gasteiger partial charge in [-0.3, -0.25) is 4.79 Å². The molecule has 1 atom stereocenters. The van der Waals surface area contributed by atoms with Gasteiger partial charge in [-0.2, -0.15) is 0 Å². The molecule has 0 radical (unpaired) electrons. The number of aliphatic hydroxyl groups excluding tert-OH is 1. The molecule has 4 nitrogen and oxygen atoms in total. The number of β-amino-alcohol motifs (C(OH)–C–C–N with tert-alkyl or cyclic N) is 1. The second kappa shape index (κ2) is 5.40. The third-order valence-corrected chi connectivity index (χ3v) is 3.19. The second-order valence-electron chi connectivity index (χ2n) is 4.61. The van der Waals surface area contributed by atoms with Crippen LogP contribution in [0.25, 0.3) is 0 Å². The van der Waals surface area contributed by atoms with Crippen molar-refractivity contribution >= 4 is 5.91 Å². The molecule has 0 unspecified atom stereocenters. The first-order valence-electron chi connectivity index (χ1n) is 6.32. The van der Waals surface area contributed by atoms with E-state index < -0.39 is 0 Å². The number of rotatable bonds is 3. The monoisotopic (exact) mass is 249 g/mol. The molecule has 1 amide bonds. The van der Waals surface area contributed by atoms with Crippen LogP contribution in [0.1, 0.15) is 29.3 Å². The summed E-state index contributed by atoms with van der Waals surface area (Å²) in [5, 5.41) is 9.46. The molecule has 1 aliphatic heterocycles. The van der Waals surface area contributed by atoms with Crippen molar-refractivity contribution in [1.29, 1.82) is 0 Å². The predicted octanol–water partition coefficient (Wildman–Crippen LogP) is 1.60. The van der Waals surface area contributed by atoms with E-state index in [0.29, 0.717) is 31.7 Å². The fraction of sp³-hybridized carbons (Fsp3) is 0.500. The summed E-state index contributed by atoms with van der Waals surface area (Å²) in [6, 6.07) is 5.49. The minimum atomic E-state index is -0.384. The van der Waals surface area contributed by atoms with E-state index >= 15 is 0 Å². The first-order valence-corrected chi connectivity index (χ1v) is 6.32. The number of carbonyl (C=O) groups excluding carboxylic acids is 1. The lowest BCUT2D eigenvalue weighted by atomic mass is 10.1. The molecule has 0 aromatic heterocycles. The highest BCUT2D eigenvalue weighted by atomic mass is 16.5. The van der Waals surface area contributed by atoms with Crippen LogP contribution in [-0.2, 0) is 0 Å². The molecule has 1 aromatic carbocycles. The van der Waals surface area contributed by atoms with Crippen LogP contribution in [0.5, 0.6) is 5.75 Å². The lowest BCUT2D eigenvalue weighted by Gasteiger charge is -2.16. The summed E-state index contributed by atoms with van der Waals surface area (Å²) in [5.74, 6) is 0.718. The molecule has 0 saturated carbocycles. The average molecular weight is 249 g/mol. The number of hydrogen-bond donors (Lipinski definition) is 1. The van der Waals surface area contributed by atoms with Crippen molar-refractivity contribution in [2.75, 3.05) is 19.7 Å². The quantitative estimate of drug-likeness (QED) is 0.885. The van der Waals surface area contributed by atoms with Gasteiger partial charge in [-0.15, -0.1) is 0 Å². The van der Waals surface area contributed by atoms with E-state index in [1.807, 2.05) is 26.0 Å². The zero-order valence-corrected chi connectivity index (χ0v) is 10.8. The first-order chi connectivity index (χ1) is 8.61. The van der Waals surface area contributed by atoms with Crippen molar-refractivity contribution in [3.05, 3.63) is 29.3 Å². The lowest BCUT2D eigenvalue weighted by Crippen LogP contribution is -2.29. The molecular formula is C14H19NO3. The highest BCUT2D eigenvalue weighted by Gasteiger charge is 2.25. The van der Waals surface area contributed by atoms with Crippen molar-refractivity contribution in [3.8, 4) is 5.75 Å². The number of benzene rings is 1. The Hall–Kier alpha value is -1.55. The van der Waals surface area contributed by atoms with Crippen LogP contribution in [0.3, 0.4) is 0 Å². The maximum atomic E-state index is 12.2. The van der Waals surface area contributed by atoms with Crippen molar-refractivity contribution in [3.63, 3.8) is 0 Å². The lowest BCUT2D eigenvalue weighted by molar-refractivity contribution is 0.0764. The Balaban J connectivity index is 2.17. The number of ether oxygens (including phenoxy) is 1. The van der Waals surface area contributed by atoms with Gasteiger partial charge >= 0.3 is 0 Å². The SMILES string of the molecule is CCOc1cc(C(=O)N2CC[C@@H](O)C2)ccc1C. The zero-order valence-electron chi connectivity index (χ0n) is 10.8. The third kappa shape index (κ3) is 2.64. The number of amides is 1. The average Bonchev–Trinajstić information content (AvgIpc) is 2.78. The minimum absolute atomic E-state index is 0.0347. The van der Waals surface area contributed by atoms with Crippen LogP contribution in [0, 0.1) is 6.92 Å². The molecule has 2 rings (SSSR count). The van der Waals surface area contributed by atoms with Gasteiger partial charge in [-0.1, -0.05) is 6.07 Å². The zero-order chi connectivity index (χ0) is 13.1. The maximum absolute atomic E-state index is 12.2. The van der Waals surface area contributed by atoms with Gasteiger partial charge in [0.05, 0.1) is 12.7 Å². The summed E-state index contributed by atoms with van der Waals surface area (Å²) < 4.78 is 5.49. The highest BCUT2D eigenvalue weighted by Crippen LogP contribution is 2.22. The van der Waals surface area contributed by atoms with Gasteiger partial charge < -0.3 is 14.7 Å². The fourth-order valence-corrected chi connectivity index (χ4v) is 2.15. The Morgan fingerprint density at radius 3 is 2.94 bits per heavy atom. The van der Waals surface area contributed by atoms with Crippen molar-refractivity contribution in [2.24, 2.45) is 0 Å². The molecule has 98 valence electrons. The maximum Gasteiger partial charge on any atom is 0.254 e. The van der Waals surface area contributed by atoms with Crippen molar-refractivity contribution < 1.29 is 14.6 Å². The minimum Gasteiger partial charge on any atom is -0.494 e. The van der Waals surface area contributed by atoms with Gasteiger partial charge in [0, 0.05) is 18.7 Å². The molecule has 1 aromatic rings. The molecule has 1 heterocycles. The molecule has 1 N–H and O–H groups in total. The van der Waals surface area contributed by atoms with Crippen LogP contribution in [0.2, 0.25) is 0 Å². The van der Waals surface area contributed by atoms with E-state index in [2.05, 4.69) is 0 Å². The molecule has 1 saturated heterocycles. The summed E-state index contributed by atoms with van der Waals surface area (Å²) in [4.78, 5) is 13.9. The van der Waals surface area contributed by atoms with Crippen LogP contribution >= 0.6 is 0 Å². The molecular weight excluding hydrogens is 230 g/mol. The normalized spacial score (nSPS) is 19.1. The van der Waals surface area contributed by atoms with E-state index in [0.717, 1.165) is 11.3 Å². The summed E-state index contributed by atoms with van der Waals surface area (Å²) in [5.41, 5.74) is 1.65. The second-order valence-corrected chi connectivity index (χ2v) is 4.61. The topological polar surface area (TPSA) is 49.8 Å². The van der Waals surface area contributed by atoms with Crippen molar-refractivity contribution in [2.45, 2.75) is 26.4 Å². The first kappa shape index (κ1) is 12.9. The van der Waals surface area contributed by atoms with Gasteiger partial charge in [-0.25, -0.2) is 0 Å². The Bertz CT molecular complexity index is 445. The van der Waals surface area contributed by atoms with Gasteiger partial charge in [-0.05, 0) is 38.0 Å². The summed E-state index contributed by atoms with van der Waals surface area (Å²) in [7, 11) is 0. The molecule has 0 bridgehead atoms. The number of nitrogens with zero attached hydrogens (tertiary/aromatic N) is 1. The number of likely N-dealkylation sites (tertiary alicyclic amines) is 1. The molecule has 0 spiro atoms. The van der Waals surface area contributed by atoms with E-state index in [9.17, 15) is 9.90 Å².